The Bertz CT molecular complexity index is 3960. The van der Waals surface area contributed by atoms with Gasteiger partial charge in [-0.25, -0.2) is 0 Å². The van der Waals surface area contributed by atoms with Crippen LogP contribution >= 0.6 is 0 Å². The van der Waals surface area contributed by atoms with Gasteiger partial charge in [-0.05, 0) is 171 Å². The van der Waals surface area contributed by atoms with Crippen molar-refractivity contribution < 1.29 is 0 Å². The number of aryl methyl sites for hydroxylation is 6. The molecule has 67 heavy (non-hydrogen) atoms. The van der Waals surface area contributed by atoms with E-state index in [1.54, 1.807) is 0 Å². The third kappa shape index (κ3) is 5.76. The van der Waals surface area contributed by atoms with Gasteiger partial charge in [-0.3, -0.25) is 4.98 Å². The number of hydrogen-bond donors (Lipinski definition) is 1. The van der Waals surface area contributed by atoms with Gasteiger partial charge in [-0.2, -0.15) is 0 Å². The molecule has 0 amide bonds. The van der Waals surface area contributed by atoms with E-state index in [-0.39, 0.29) is 0 Å². The molecule has 0 bridgehead atoms. The van der Waals surface area contributed by atoms with Gasteiger partial charge in [0.25, 0.3) is 0 Å². The maximum absolute atomic E-state index is 4.72. The average molecular weight is 859 g/mol. The number of rotatable bonds is 6. The molecule has 2 aliphatic rings. The highest BCUT2D eigenvalue weighted by molar-refractivity contribution is 6.17. The summed E-state index contributed by atoms with van der Waals surface area (Å²) < 4.78 is 5.10. The highest BCUT2D eigenvalue weighted by Gasteiger charge is 2.33. The largest absolute Gasteiger partial charge is 0.366 e. The number of nitrogens with zero attached hydrogens (tertiary/aromatic N) is 3. The van der Waals surface area contributed by atoms with Gasteiger partial charge in [0.15, 0.2) is 0 Å². The first-order chi connectivity index (χ1) is 33.1. The summed E-state index contributed by atoms with van der Waals surface area (Å²) in [6.07, 6.45) is 12.3. The molecule has 8 aromatic carbocycles. The van der Waals surface area contributed by atoms with E-state index < -0.39 is 0 Å². The zero-order valence-electron chi connectivity index (χ0n) is 37.6. The van der Waals surface area contributed by atoms with Crippen LogP contribution in [-0.4, -0.2) is 19.1 Å². The third-order valence-electron chi connectivity index (χ3n) is 15.1. The molecule has 4 nitrogen and oxygen atoms in total. The van der Waals surface area contributed by atoms with Gasteiger partial charge in [0.2, 0.25) is 0 Å². The Morgan fingerprint density at radius 2 is 0.851 bits per heavy atom. The van der Waals surface area contributed by atoms with Crippen molar-refractivity contribution in [3.8, 4) is 67.0 Å². The summed E-state index contributed by atoms with van der Waals surface area (Å²) in [6.45, 7) is 4.45. The van der Waals surface area contributed by atoms with E-state index in [1.165, 1.54) is 138 Å². The predicted molar refractivity (Wildman–Crippen MR) is 279 cm³/mol. The van der Waals surface area contributed by atoms with Crippen molar-refractivity contribution in [1.29, 1.82) is 0 Å². The van der Waals surface area contributed by atoms with Gasteiger partial charge in [-0.1, -0.05) is 121 Å². The van der Waals surface area contributed by atoms with Crippen LogP contribution in [0.3, 0.4) is 0 Å². The maximum Gasteiger partial charge on any atom is 0.0674 e. The highest BCUT2D eigenvalue weighted by atomic mass is 15.0. The van der Waals surface area contributed by atoms with E-state index in [9.17, 15) is 0 Å². The smallest absolute Gasteiger partial charge is 0.0674 e. The predicted octanol–water partition coefficient (Wildman–Crippen LogP) is 15.8. The lowest BCUT2D eigenvalue weighted by Gasteiger charge is -2.31. The molecule has 0 fully saturated rings. The minimum Gasteiger partial charge on any atom is -0.366 e. The summed E-state index contributed by atoms with van der Waals surface area (Å²) in [5, 5.41) is 5.29. The second-order valence-electron chi connectivity index (χ2n) is 18.8. The number of aromatic amines is 1. The number of nitrogens with one attached hydrogen (secondary N) is 1. The number of aromatic nitrogens is 4. The van der Waals surface area contributed by atoms with Crippen molar-refractivity contribution >= 4 is 43.6 Å². The fourth-order valence-corrected chi connectivity index (χ4v) is 11.9. The molecule has 12 aromatic rings. The lowest BCUT2D eigenvalue weighted by Crippen LogP contribution is -2.16. The van der Waals surface area contributed by atoms with Crippen LogP contribution in [-0.2, 0) is 25.7 Å². The Hall–Kier alpha value is -8.21. The van der Waals surface area contributed by atoms with Crippen LogP contribution in [0.1, 0.15) is 33.4 Å². The van der Waals surface area contributed by atoms with Crippen LogP contribution in [0.2, 0.25) is 0 Å². The lowest BCUT2D eigenvalue weighted by atomic mass is 9.74. The summed E-state index contributed by atoms with van der Waals surface area (Å²) in [7, 11) is 0. The SMILES string of the molecule is Cc1ccncc1-n1c2ccc(-c3ccc(-c4ccccc4)cc3)cc2c2cc3c4c(c21)CCc1cc2c5cc(-c6ccc(-c7ccccc7)cc6)ccc5n(-c5c[nH]cc5C)c2c(c1-4)CC3. The van der Waals surface area contributed by atoms with Gasteiger partial charge in [0.05, 0.1) is 39.6 Å². The van der Waals surface area contributed by atoms with Gasteiger partial charge in [-0.15, -0.1) is 0 Å². The number of pyridine rings is 1. The third-order valence-corrected chi connectivity index (χ3v) is 15.1. The zero-order chi connectivity index (χ0) is 44.3. The topological polar surface area (TPSA) is 38.5 Å². The van der Waals surface area contributed by atoms with Crippen LogP contribution in [0.4, 0.5) is 0 Å². The van der Waals surface area contributed by atoms with E-state index in [2.05, 4.69) is 210 Å². The summed E-state index contributed by atoms with van der Waals surface area (Å²) in [5.74, 6) is 0. The Morgan fingerprint density at radius 1 is 0.403 bits per heavy atom. The average Bonchev–Trinajstić information content (AvgIpc) is 4.06. The number of H-pyrrole nitrogens is 1. The molecule has 2 aliphatic carbocycles. The van der Waals surface area contributed by atoms with Gasteiger partial charge < -0.3 is 14.1 Å². The highest BCUT2D eigenvalue weighted by Crippen LogP contribution is 2.52. The monoisotopic (exact) mass is 858 g/mol. The molecular weight excluding hydrogens is 813 g/mol. The zero-order valence-corrected chi connectivity index (χ0v) is 37.6. The summed E-state index contributed by atoms with van der Waals surface area (Å²) in [4.78, 5) is 8.17. The summed E-state index contributed by atoms with van der Waals surface area (Å²) in [5.41, 5.74) is 28.6. The van der Waals surface area contributed by atoms with E-state index >= 15 is 0 Å². The normalized spacial score (nSPS) is 13.0. The quantitative estimate of drug-likeness (QED) is 0.178. The number of benzene rings is 8. The second-order valence-corrected chi connectivity index (χ2v) is 18.8. The molecule has 0 spiro atoms. The molecule has 4 aromatic heterocycles. The molecular formula is C63H46N4. The standard InChI is InChI=1S/C63H46N4/c1-38-29-30-64-36-58(38)66-56-27-23-46(44-17-13-42(14-18-44)40-9-5-3-6-10-40)31-52(56)54-33-48-22-26-51-61-49(21-25-50(60(48)61)62(54)66)34-55-53-32-47(45-19-15-43(16-20-45)41-11-7-4-8-12-41)24-28-57(53)67(63(51)55)59-37-65-35-39(59)2/h3-20,23-24,27-37,65H,21-22,25-26H2,1-2H3. The van der Waals surface area contributed by atoms with Crippen molar-refractivity contribution in [3.63, 3.8) is 0 Å². The van der Waals surface area contributed by atoms with Gasteiger partial charge in [0, 0.05) is 40.1 Å². The molecule has 0 atom stereocenters. The van der Waals surface area contributed by atoms with E-state index in [4.69, 9.17) is 4.98 Å². The maximum atomic E-state index is 4.72. The molecule has 4 heterocycles. The molecule has 1 N–H and O–H groups in total. The summed E-state index contributed by atoms with van der Waals surface area (Å²) >= 11 is 0. The molecule has 0 radical (unpaired) electrons. The molecule has 0 aliphatic heterocycles. The first kappa shape index (κ1) is 38.1. The van der Waals surface area contributed by atoms with Crippen LogP contribution < -0.4 is 0 Å². The van der Waals surface area contributed by atoms with Crippen molar-refractivity contribution in [1.82, 2.24) is 19.1 Å². The molecule has 0 saturated carbocycles. The molecule has 318 valence electrons. The van der Waals surface area contributed by atoms with Crippen molar-refractivity contribution in [2.75, 3.05) is 0 Å². The molecule has 0 unspecified atom stereocenters. The van der Waals surface area contributed by atoms with E-state index in [1.807, 2.05) is 6.20 Å². The van der Waals surface area contributed by atoms with Crippen LogP contribution in [0.15, 0.2) is 189 Å². The van der Waals surface area contributed by atoms with E-state index in [0.717, 1.165) is 31.4 Å². The van der Waals surface area contributed by atoms with Gasteiger partial charge in [0.1, 0.15) is 0 Å². The summed E-state index contributed by atoms with van der Waals surface area (Å²) in [6, 6.07) is 60.9. The van der Waals surface area contributed by atoms with Crippen molar-refractivity contribution in [2.24, 2.45) is 0 Å². The Kier molecular flexibility index (Phi) is 8.33. The Morgan fingerprint density at radius 3 is 1.31 bits per heavy atom. The van der Waals surface area contributed by atoms with Crippen molar-refractivity contribution in [2.45, 2.75) is 39.5 Å². The fourth-order valence-electron chi connectivity index (χ4n) is 11.9. The van der Waals surface area contributed by atoms with Gasteiger partial charge >= 0.3 is 0 Å². The van der Waals surface area contributed by atoms with Crippen LogP contribution in [0.25, 0.3) is 111 Å². The molecule has 0 saturated heterocycles. The Balaban J connectivity index is 0.980. The fraction of sp³-hybridized carbons (Fsp3) is 0.0952. The first-order valence-electron chi connectivity index (χ1n) is 23.7. The minimum atomic E-state index is 0.982. The lowest BCUT2D eigenvalue weighted by molar-refractivity contribution is 0.882. The van der Waals surface area contributed by atoms with Crippen LogP contribution in [0, 0.1) is 13.8 Å². The second kappa shape index (κ2) is 14.7. The van der Waals surface area contributed by atoms with E-state index in [0.29, 0.717) is 0 Å². The molecule has 4 heteroatoms. The van der Waals surface area contributed by atoms with Crippen LogP contribution in [0.5, 0.6) is 0 Å². The minimum absolute atomic E-state index is 0.982. The number of fused-ring (bicyclic) bond motifs is 8. The number of hydrogen-bond acceptors (Lipinski definition) is 1. The molecule has 14 rings (SSSR count). The first-order valence-corrected chi connectivity index (χ1v) is 23.7. The van der Waals surface area contributed by atoms with Crippen molar-refractivity contribution in [3.05, 3.63) is 222 Å². The Labute approximate surface area is 389 Å².